The van der Waals surface area contributed by atoms with Crippen molar-refractivity contribution in [2.45, 2.75) is 13.0 Å². The minimum atomic E-state index is -5.22. The van der Waals surface area contributed by atoms with Gasteiger partial charge in [-0.3, -0.25) is 0 Å². The summed E-state index contributed by atoms with van der Waals surface area (Å²) in [5, 5.41) is 0. The van der Waals surface area contributed by atoms with Crippen molar-refractivity contribution in [1.82, 2.24) is 9.55 Å². The molecule has 0 N–H and O–H groups in total. The Morgan fingerprint density at radius 2 is 2.00 bits per heavy atom. The van der Waals surface area contributed by atoms with Gasteiger partial charge < -0.3 is 22.3 Å². The molecule has 0 atom stereocenters. The summed E-state index contributed by atoms with van der Waals surface area (Å²) in [6, 6.07) is 2.26. The van der Waals surface area contributed by atoms with E-state index in [1.54, 1.807) is 23.3 Å². The Morgan fingerprint density at radius 1 is 1.24 bits per heavy atom. The van der Waals surface area contributed by atoms with Crippen LogP contribution in [0.4, 0.5) is 17.3 Å². The van der Waals surface area contributed by atoms with Crippen LogP contribution in [0.1, 0.15) is 6.42 Å². The molecule has 0 aliphatic rings. The molecule has 21 heavy (non-hydrogen) atoms. The van der Waals surface area contributed by atoms with Crippen molar-refractivity contribution in [1.29, 1.82) is 0 Å². The quantitative estimate of drug-likeness (QED) is 0.409. The molecular weight excluding hydrogens is 314 g/mol. The summed E-state index contributed by atoms with van der Waals surface area (Å²) in [6.45, 7) is -4.58. The van der Waals surface area contributed by atoms with Crippen LogP contribution in [0.15, 0.2) is 36.9 Å². The number of aryl methyl sites for hydroxylation is 1. The van der Waals surface area contributed by atoms with Crippen LogP contribution < -0.4 is 61.6 Å². The van der Waals surface area contributed by atoms with E-state index < -0.39 is 24.0 Å². The maximum Gasteiger partial charge on any atom is 1.00 e. The van der Waals surface area contributed by atoms with E-state index in [1.165, 1.54) is 0 Å². The average molecular weight is 326 g/mol. The summed E-state index contributed by atoms with van der Waals surface area (Å²) in [4.78, 5) is 3.84. The Labute approximate surface area is 162 Å². The van der Waals surface area contributed by atoms with Gasteiger partial charge in [-0.2, -0.15) is 0 Å². The predicted octanol–water partition coefficient (Wildman–Crippen LogP) is -0.450. The van der Waals surface area contributed by atoms with E-state index in [-0.39, 0.29) is 58.0 Å². The zero-order valence-corrected chi connectivity index (χ0v) is 14.6. The van der Waals surface area contributed by atoms with E-state index in [4.69, 9.17) is 4.74 Å². The second-order valence-electron chi connectivity index (χ2n) is 4.26. The van der Waals surface area contributed by atoms with Gasteiger partial charge in [0.1, 0.15) is 5.82 Å². The summed E-state index contributed by atoms with van der Waals surface area (Å²) in [7, 11) is 0. The molecule has 0 spiro atoms. The fraction of sp³-hybridized carbons (Fsp3) is 0.250. The van der Waals surface area contributed by atoms with Gasteiger partial charge in [-0.05, 0) is 12.5 Å². The Kier molecular flexibility index (Phi) is 7.42. The van der Waals surface area contributed by atoms with E-state index in [2.05, 4.69) is 4.98 Å². The first-order chi connectivity index (χ1) is 9.47. The van der Waals surface area contributed by atoms with Crippen LogP contribution >= 0.6 is 0 Å². The molecule has 0 aliphatic carbocycles. The summed E-state index contributed by atoms with van der Waals surface area (Å²) >= 11 is 0. The van der Waals surface area contributed by atoms with Gasteiger partial charge in [-0.15, -0.1) is 0 Å². The molecule has 0 fully saturated rings. The maximum atomic E-state index is 13.0. The monoisotopic (exact) mass is 326 g/mol. The summed E-state index contributed by atoms with van der Waals surface area (Å²) in [5.74, 6) is -1.21. The number of ether oxygens (including phenoxy) is 1. The number of benzene rings is 1. The zero-order chi connectivity index (χ0) is 14.6. The molecule has 9 heteroatoms. The Hall–Kier alpha value is -0.349. The fourth-order valence-electron chi connectivity index (χ4n) is 1.75. The van der Waals surface area contributed by atoms with E-state index >= 15 is 0 Å². The molecule has 2 rings (SSSR count). The minimum Gasteiger partial charge on any atom is -0.496 e. The second-order valence-corrected chi connectivity index (χ2v) is 4.26. The number of aromatic nitrogens is 2. The van der Waals surface area contributed by atoms with E-state index in [0.29, 0.717) is 19.0 Å². The molecule has 1 heterocycles. The predicted molar refractivity (Wildman–Crippen MR) is 67.5 cm³/mol. The average Bonchev–Trinajstić information content (AvgIpc) is 2.86. The first-order valence-electron chi connectivity index (χ1n) is 6.05. The Balaban J connectivity index is 0.00000220. The second kappa shape index (κ2) is 8.33. The van der Waals surface area contributed by atoms with Crippen LogP contribution in [-0.4, -0.2) is 23.1 Å². The van der Waals surface area contributed by atoms with Gasteiger partial charge >= 0.3 is 58.4 Å². The van der Waals surface area contributed by atoms with Crippen LogP contribution in [0.2, 0.25) is 0 Å². The molecule has 108 valence electrons. The summed E-state index contributed by atoms with van der Waals surface area (Å²) < 4.78 is 58.1. The van der Waals surface area contributed by atoms with Crippen LogP contribution in [0, 0.1) is 5.82 Å². The number of imidazole rings is 1. The number of halogens is 4. The van der Waals surface area contributed by atoms with Crippen molar-refractivity contribution < 1.29 is 73.5 Å². The first-order valence-corrected chi connectivity index (χ1v) is 6.05. The normalized spacial score (nSPS) is 11.0. The van der Waals surface area contributed by atoms with Gasteiger partial charge in [0.25, 0.3) is 0 Å². The third kappa shape index (κ3) is 5.74. The third-order valence-corrected chi connectivity index (χ3v) is 2.71. The summed E-state index contributed by atoms with van der Waals surface area (Å²) in [5.41, 5.74) is -0.908. The maximum absolute atomic E-state index is 13.0. The number of hydrogen-bond acceptors (Lipinski definition) is 2. The van der Waals surface area contributed by atoms with Crippen molar-refractivity contribution in [2.75, 3.05) is 6.61 Å². The van der Waals surface area contributed by atoms with Crippen molar-refractivity contribution in [2.24, 2.45) is 0 Å². The standard InChI is InChI=1S/C12H12BF4N2O.K/c14-10-2-3-11(13(15,16)17)12(8-10)20-7-1-5-19-6-4-18-9-19;/h2-4,6,8-9H,1,5,7H2;/q-1;+1. The number of nitrogens with zero attached hydrogens (tertiary/aromatic N) is 2. The molecule has 1 aromatic carbocycles. The van der Waals surface area contributed by atoms with Crippen molar-refractivity contribution in [3.8, 4) is 5.75 Å². The molecule has 0 saturated heterocycles. The molecule has 2 aromatic rings. The van der Waals surface area contributed by atoms with Gasteiger partial charge in [-0.25, -0.2) is 9.37 Å². The van der Waals surface area contributed by atoms with Crippen LogP contribution in [0.5, 0.6) is 5.75 Å². The molecule has 3 nitrogen and oxygen atoms in total. The van der Waals surface area contributed by atoms with Gasteiger partial charge in [-0.1, -0.05) is 11.5 Å². The number of hydrogen-bond donors (Lipinski definition) is 0. The van der Waals surface area contributed by atoms with Gasteiger partial charge in [0.05, 0.1) is 18.7 Å². The molecule has 0 aliphatic heterocycles. The zero-order valence-electron chi connectivity index (χ0n) is 11.5. The minimum absolute atomic E-state index is 0. The Bertz CT molecular complexity index is 563. The molecule has 0 radical (unpaired) electrons. The molecule has 0 unspecified atom stereocenters. The summed E-state index contributed by atoms with van der Waals surface area (Å²) in [6.07, 6.45) is 5.45. The Morgan fingerprint density at radius 3 is 2.62 bits per heavy atom. The van der Waals surface area contributed by atoms with Crippen molar-refractivity contribution >= 4 is 12.4 Å². The molecule has 1 aromatic heterocycles. The molecule has 0 saturated carbocycles. The number of rotatable bonds is 6. The smallest absolute Gasteiger partial charge is 0.496 e. The first kappa shape index (κ1) is 18.7. The van der Waals surface area contributed by atoms with Gasteiger partial charge in [0, 0.05) is 25.0 Å². The largest absolute Gasteiger partial charge is 1.00 e. The van der Waals surface area contributed by atoms with E-state index in [9.17, 15) is 17.3 Å². The van der Waals surface area contributed by atoms with Crippen molar-refractivity contribution in [3.63, 3.8) is 0 Å². The van der Waals surface area contributed by atoms with Crippen LogP contribution in [0.3, 0.4) is 0 Å². The molecule has 0 bridgehead atoms. The fourth-order valence-corrected chi connectivity index (χ4v) is 1.75. The van der Waals surface area contributed by atoms with Crippen LogP contribution in [0.25, 0.3) is 0 Å². The third-order valence-electron chi connectivity index (χ3n) is 2.71. The molecule has 0 amide bonds. The molecular formula is C12H12BF4KN2O. The topological polar surface area (TPSA) is 27.1 Å². The SMILES string of the molecule is Fc1ccc([B-](F)(F)F)c(OCCCn2ccnc2)c1.[K+]. The van der Waals surface area contributed by atoms with Crippen LogP contribution in [-0.2, 0) is 6.54 Å². The van der Waals surface area contributed by atoms with E-state index in [1.807, 2.05) is 0 Å². The van der Waals surface area contributed by atoms with Gasteiger partial charge in [0.2, 0.25) is 0 Å². The van der Waals surface area contributed by atoms with E-state index in [0.717, 1.165) is 12.1 Å². The van der Waals surface area contributed by atoms with Crippen molar-refractivity contribution in [3.05, 3.63) is 42.7 Å². The van der Waals surface area contributed by atoms with Gasteiger partial charge in [0.15, 0.2) is 0 Å².